The van der Waals surface area contributed by atoms with Gasteiger partial charge in [0.05, 0.1) is 6.04 Å². The summed E-state index contributed by atoms with van der Waals surface area (Å²) >= 11 is 0. The molecule has 2 aliphatic heterocycles. The van der Waals surface area contributed by atoms with Gasteiger partial charge in [0.15, 0.2) is 0 Å². The summed E-state index contributed by atoms with van der Waals surface area (Å²) in [5.74, 6) is 1.38. The Hall–Kier alpha value is -1.10. The molecule has 3 rings (SSSR count). The van der Waals surface area contributed by atoms with Gasteiger partial charge < -0.3 is 9.80 Å². The molecule has 0 radical (unpaired) electrons. The average Bonchev–Trinajstić information content (AvgIpc) is 3.19. The first kappa shape index (κ1) is 18.7. The molecule has 142 valence electrons. The topological polar surface area (TPSA) is 43.9 Å². The van der Waals surface area contributed by atoms with E-state index >= 15 is 0 Å². The third-order valence-corrected chi connectivity index (χ3v) is 6.48. The third kappa shape index (κ3) is 4.96. The molecule has 2 heterocycles. The molecule has 0 aromatic heterocycles. The van der Waals surface area contributed by atoms with Gasteiger partial charge in [-0.05, 0) is 38.5 Å². The van der Waals surface area contributed by atoms with Gasteiger partial charge in [0.2, 0.25) is 11.8 Å². The average molecular weight is 350 g/mol. The lowest BCUT2D eigenvalue weighted by atomic mass is 10.0. The normalized spacial score (nSPS) is 24.5. The summed E-state index contributed by atoms with van der Waals surface area (Å²) < 4.78 is 0. The van der Waals surface area contributed by atoms with Crippen LogP contribution in [0.25, 0.3) is 0 Å². The summed E-state index contributed by atoms with van der Waals surface area (Å²) in [7, 11) is 0. The van der Waals surface area contributed by atoms with Crippen molar-refractivity contribution in [2.24, 2.45) is 5.92 Å². The molecule has 2 saturated heterocycles. The molecule has 0 aromatic rings. The van der Waals surface area contributed by atoms with E-state index in [4.69, 9.17) is 0 Å². The molecule has 3 fully saturated rings. The van der Waals surface area contributed by atoms with Crippen molar-refractivity contribution in [3.05, 3.63) is 0 Å². The Morgan fingerprint density at radius 1 is 0.840 bits per heavy atom. The van der Waals surface area contributed by atoms with Crippen LogP contribution in [0.1, 0.15) is 64.7 Å². The molecule has 3 aliphatic rings. The Kier molecular flexibility index (Phi) is 6.74. The van der Waals surface area contributed by atoms with Crippen LogP contribution in [0, 0.1) is 5.92 Å². The molecule has 2 amide bonds. The highest BCUT2D eigenvalue weighted by atomic mass is 16.2. The predicted molar refractivity (Wildman–Crippen MR) is 99.2 cm³/mol. The number of likely N-dealkylation sites (tertiary alicyclic amines) is 1. The minimum atomic E-state index is -0.0474. The van der Waals surface area contributed by atoms with E-state index in [-0.39, 0.29) is 11.9 Å². The lowest BCUT2D eigenvalue weighted by Crippen LogP contribution is -2.56. The summed E-state index contributed by atoms with van der Waals surface area (Å²) in [5.41, 5.74) is 0. The van der Waals surface area contributed by atoms with Gasteiger partial charge in [-0.2, -0.15) is 0 Å². The summed E-state index contributed by atoms with van der Waals surface area (Å²) in [4.78, 5) is 31.4. The number of carbonyl (C=O) groups excluding carboxylic acids is 2. The number of hydrogen-bond acceptors (Lipinski definition) is 3. The molecule has 1 saturated carbocycles. The summed E-state index contributed by atoms with van der Waals surface area (Å²) in [6.45, 7) is 7.09. The van der Waals surface area contributed by atoms with Crippen LogP contribution in [0.2, 0.25) is 0 Å². The van der Waals surface area contributed by atoms with Crippen LogP contribution in [0.5, 0.6) is 0 Å². The number of nitrogens with zero attached hydrogens (tertiary/aromatic N) is 3. The zero-order valence-corrected chi connectivity index (χ0v) is 15.9. The molecule has 0 bridgehead atoms. The second-order valence-electron chi connectivity index (χ2n) is 8.17. The van der Waals surface area contributed by atoms with Gasteiger partial charge in [-0.1, -0.05) is 25.7 Å². The fourth-order valence-corrected chi connectivity index (χ4v) is 4.68. The molecule has 5 nitrogen and oxygen atoms in total. The van der Waals surface area contributed by atoms with Gasteiger partial charge in [-0.15, -0.1) is 0 Å². The monoisotopic (exact) mass is 349 g/mol. The highest BCUT2D eigenvalue weighted by Crippen LogP contribution is 2.28. The van der Waals surface area contributed by atoms with E-state index in [0.717, 1.165) is 64.4 Å². The van der Waals surface area contributed by atoms with Crippen LogP contribution in [0.3, 0.4) is 0 Å². The summed E-state index contributed by atoms with van der Waals surface area (Å²) in [6.07, 6.45) is 10.6. The minimum absolute atomic E-state index is 0.0474. The van der Waals surface area contributed by atoms with Crippen molar-refractivity contribution in [3.63, 3.8) is 0 Å². The molecular formula is C20H35N3O2. The SMILES string of the molecule is CC(C(=O)N1CCCCC1)N1CCN(C(=O)CCC2CCCC2)CC1. The van der Waals surface area contributed by atoms with Gasteiger partial charge in [0.25, 0.3) is 0 Å². The molecular weight excluding hydrogens is 314 g/mol. The van der Waals surface area contributed by atoms with Crippen molar-refractivity contribution in [2.75, 3.05) is 39.3 Å². The number of rotatable bonds is 5. The lowest BCUT2D eigenvalue weighted by Gasteiger charge is -2.39. The Balaban J connectivity index is 1.39. The maximum Gasteiger partial charge on any atom is 0.239 e. The van der Waals surface area contributed by atoms with Crippen molar-refractivity contribution < 1.29 is 9.59 Å². The first-order chi connectivity index (χ1) is 12.1. The van der Waals surface area contributed by atoms with Crippen LogP contribution in [0.4, 0.5) is 0 Å². The van der Waals surface area contributed by atoms with E-state index in [1.807, 2.05) is 16.7 Å². The van der Waals surface area contributed by atoms with Crippen LogP contribution in [-0.2, 0) is 9.59 Å². The van der Waals surface area contributed by atoms with E-state index in [2.05, 4.69) is 4.90 Å². The quantitative estimate of drug-likeness (QED) is 0.766. The van der Waals surface area contributed by atoms with E-state index in [0.29, 0.717) is 12.3 Å². The standard InChI is InChI=1S/C20H35N3O2/c1-17(20(25)23-11-5-2-6-12-23)21-13-15-22(16-14-21)19(24)10-9-18-7-3-4-8-18/h17-18H,2-16H2,1H3. The van der Waals surface area contributed by atoms with Crippen LogP contribution in [-0.4, -0.2) is 71.8 Å². The van der Waals surface area contributed by atoms with Crippen molar-refractivity contribution in [1.82, 2.24) is 14.7 Å². The molecule has 1 unspecified atom stereocenters. The minimum Gasteiger partial charge on any atom is -0.341 e. The smallest absolute Gasteiger partial charge is 0.239 e. The fraction of sp³-hybridized carbons (Fsp3) is 0.900. The van der Waals surface area contributed by atoms with Gasteiger partial charge in [0.1, 0.15) is 0 Å². The van der Waals surface area contributed by atoms with Gasteiger partial charge in [-0.25, -0.2) is 0 Å². The molecule has 0 spiro atoms. The maximum atomic E-state index is 12.7. The molecule has 5 heteroatoms. The van der Waals surface area contributed by atoms with E-state index < -0.39 is 0 Å². The fourth-order valence-electron chi connectivity index (χ4n) is 4.68. The Labute approximate surface area is 152 Å². The van der Waals surface area contributed by atoms with Crippen molar-refractivity contribution >= 4 is 11.8 Å². The first-order valence-corrected chi connectivity index (χ1v) is 10.5. The number of hydrogen-bond donors (Lipinski definition) is 0. The number of amides is 2. The van der Waals surface area contributed by atoms with E-state index in [1.54, 1.807) is 0 Å². The molecule has 0 N–H and O–H groups in total. The maximum absolute atomic E-state index is 12.7. The zero-order chi connectivity index (χ0) is 17.6. The number of piperidine rings is 1. The largest absolute Gasteiger partial charge is 0.341 e. The van der Waals surface area contributed by atoms with E-state index in [9.17, 15) is 9.59 Å². The Morgan fingerprint density at radius 2 is 1.48 bits per heavy atom. The zero-order valence-electron chi connectivity index (χ0n) is 15.9. The highest BCUT2D eigenvalue weighted by molar-refractivity contribution is 5.81. The van der Waals surface area contributed by atoms with E-state index in [1.165, 1.54) is 32.1 Å². The molecule has 1 aliphatic carbocycles. The second kappa shape index (κ2) is 9.02. The molecule has 25 heavy (non-hydrogen) atoms. The van der Waals surface area contributed by atoms with Gasteiger partial charge in [0, 0.05) is 45.7 Å². The van der Waals surface area contributed by atoms with Crippen molar-refractivity contribution in [1.29, 1.82) is 0 Å². The van der Waals surface area contributed by atoms with Crippen LogP contribution >= 0.6 is 0 Å². The first-order valence-electron chi connectivity index (χ1n) is 10.5. The predicted octanol–water partition coefficient (Wildman–Crippen LogP) is 2.50. The second-order valence-corrected chi connectivity index (χ2v) is 8.17. The van der Waals surface area contributed by atoms with Gasteiger partial charge >= 0.3 is 0 Å². The Bertz CT molecular complexity index is 448. The van der Waals surface area contributed by atoms with Crippen LogP contribution < -0.4 is 0 Å². The van der Waals surface area contributed by atoms with Gasteiger partial charge in [-0.3, -0.25) is 14.5 Å². The molecule has 1 atom stereocenters. The van der Waals surface area contributed by atoms with Crippen molar-refractivity contribution in [2.45, 2.75) is 70.8 Å². The summed E-state index contributed by atoms with van der Waals surface area (Å²) in [5, 5.41) is 0. The lowest BCUT2D eigenvalue weighted by molar-refractivity contribution is -0.139. The molecule has 0 aromatic carbocycles. The third-order valence-electron chi connectivity index (χ3n) is 6.48. The van der Waals surface area contributed by atoms with Crippen LogP contribution in [0.15, 0.2) is 0 Å². The van der Waals surface area contributed by atoms with Crippen molar-refractivity contribution in [3.8, 4) is 0 Å². The number of piperazine rings is 1. The number of carbonyl (C=O) groups is 2. The Morgan fingerprint density at radius 3 is 2.12 bits per heavy atom. The highest BCUT2D eigenvalue weighted by Gasteiger charge is 2.30. The summed E-state index contributed by atoms with van der Waals surface area (Å²) in [6, 6.07) is -0.0474.